The lowest BCUT2D eigenvalue weighted by atomic mass is 10.2. The average Bonchev–Trinajstić information content (AvgIpc) is 2.97. The maximum atomic E-state index is 9.40. The molecule has 0 saturated carbocycles. The molecular weight excluding hydrogens is 362 g/mol. The fourth-order valence-electron chi connectivity index (χ4n) is 2.75. The van der Waals surface area contributed by atoms with Crippen LogP contribution in [-0.2, 0) is 7.05 Å². The van der Waals surface area contributed by atoms with Crippen molar-refractivity contribution in [3.05, 3.63) is 48.8 Å². The number of nitrogens with one attached hydrogen (secondary N) is 2. The number of hydrogen-bond donors (Lipinski definition) is 3. The van der Waals surface area contributed by atoms with Gasteiger partial charge in [0, 0.05) is 55.2 Å². The second-order valence-electron chi connectivity index (χ2n) is 6.14. The number of benzene rings is 1. The van der Waals surface area contributed by atoms with Crippen molar-refractivity contribution in [2.75, 3.05) is 25.5 Å². The average molecular weight is 385 g/mol. The number of aryl methyl sites for hydroxylation is 1. The second-order valence-corrected chi connectivity index (χ2v) is 7.32. The third-order valence-corrected chi connectivity index (χ3v) is 4.73. The zero-order valence-corrected chi connectivity index (χ0v) is 16.2. The summed E-state index contributed by atoms with van der Waals surface area (Å²) in [6, 6.07) is 7.60. The summed E-state index contributed by atoms with van der Waals surface area (Å²) in [7, 11) is 3.42. The smallest absolute Gasteiger partial charge is 0.168 e. The van der Waals surface area contributed by atoms with Gasteiger partial charge < -0.3 is 15.4 Å². The molecule has 142 valence electrons. The summed E-state index contributed by atoms with van der Waals surface area (Å²) in [5.41, 5.74) is 2.42. The van der Waals surface area contributed by atoms with Gasteiger partial charge in [-0.25, -0.2) is 0 Å². The summed E-state index contributed by atoms with van der Waals surface area (Å²) in [4.78, 5) is 7.27. The molecule has 2 heterocycles. The van der Waals surface area contributed by atoms with E-state index in [0.29, 0.717) is 18.9 Å². The molecule has 27 heavy (non-hydrogen) atoms. The van der Waals surface area contributed by atoms with Crippen molar-refractivity contribution in [2.24, 2.45) is 12.0 Å². The largest absolute Gasteiger partial charge is 0.337 e. The van der Waals surface area contributed by atoms with Gasteiger partial charge in [-0.05, 0) is 36.6 Å². The first-order valence-corrected chi connectivity index (χ1v) is 9.28. The Morgan fingerprint density at radius 1 is 1.44 bits per heavy atom. The molecule has 3 rings (SSSR count). The molecule has 0 radical (unpaired) electrons. The van der Waals surface area contributed by atoms with E-state index < -0.39 is 0 Å². The van der Waals surface area contributed by atoms with Crippen molar-refractivity contribution in [3.8, 4) is 0 Å². The first-order valence-electron chi connectivity index (χ1n) is 8.50. The lowest BCUT2D eigenvalue weighted by Crippen LogP contribution is -2.37. The van der Waals surface area contributed by atoms with Crippen LogP contribution in [0.1, 0.15) is 12.0 Å². The number of hydrogen-bond acceptors (Lipinski definition) is 7. The SMILES string of the molecule is C=C(c1cnn(C)c1)N1CCCN=C(Nc2cccc(SN(C)O)c2)C1=N. The van der Waals surface area contributed by atoms with Crippen LogP contribution in [0.2, 0.25) is 0 Å². The summed E-state index contributed by atoms with van der Waals surface area (Å²) in [5.74, 6) is 0.774. The number of nitrogens with zero attached hydrogens (tertiary/aromatic N) is 5. The number of aliphatic imine (C=N–C) groups is 1. The summed E-state index contributed by atoms with van der Waals surface area (Å²) in [6.45, 7) is 5.46. The van der Waals surface area contributed by atoms with Gasteiger partial charge in [-0.2, -0.15) is 5.10 Å². The lowest BCUT2D eigenvalue weighted by Gasteiger charge is -2.25. The zero-order chi connectivity index (χ0) is 19.4. The first kappa shape index (κ1) is 19.2. The monoisotopic (exact) mass is 385 g/mol. The molecule has 0 aliphatic carbocycles. The molecule has 1 aliphatic heterocycles. The van der Waals surface area contributed by atoms with Crippen molar-refractivity contribution >= 4 is 35.0 Å². The molecule has 8 nitrogen and oxygen atoms in total. The van der Waals surface area contributed by atoms with Gasteiger partial charge in [-0.3, -0.25) is 15.1 Å². The highest BCUT2D eigenvalue weighted by atomic mass is 32.2. The summed E-state index contributed by atoms with van der Waals surface area (Å²) in [5, 5.41) is 25.5. The van der Waals surface area contributed by atoms with Crippen LogP contribution in [0.25, 0.3) is 5.70 Å². The Kier molecular flexibility index (Phi) is 5.94. The Balaban J connectivity index is 1.78. The fraction of sp³-hybridized carbons (Fsp3) is 0.278. The molecule has 9 heteroatoms. The topological polar surface area (TPSA) is 92.8 Å². The zero-order valence-electron chi connectivity index (χ0n) is 15.4. The molecule has 0 unspecified atom stereocenters. The van der Waals surface area contributed by atoms with Crippen LogP contribution in [0.5, 0.6) is 0 Å². The van der Waals surface area contributed by atoms with Crippen LogP contribution in [-0.4, -0.2) is 56.2 Å². The van der Waals surface area contributed by atoms with E-state index >= 15 is 0 Å². The number of amidine groups is 2. The van der Waals surface area contributed by atoms with Gasteiger partial charge in [-0.15, -0.1) is 4.47 Å². The molecule has 0 bridgehead atoms. The maximum absolute atomic E-state index is 9.40. The molecule has 0 saturated heterocycles. The Labute approximate surface area is 162 Å². The van der Waals surface area contributed by atoms with Crippen LogP contribution in [0.4, 0.5) is 5.69 Å². The van der Waals surface area contributed by atoms with E-state index in [9.17, 15) is 5.21 Å². The van der Waals surface area contributed by atoms with Gasteiger partial charge in [0.15, 0.2) is 11.7 Å². The predicted octanol–water partition coefficient (Wildman–Crippen LogP) is 2.91. The van der Waals surface area contributed by atoms with Crippen molar-refractivity contribution in [2.45, 2.75) is 11.3 Å². The van der Waals surface area contributed by atoms with E-state index in [1.165, 1.54) is 11.9 Å². The molecule has 3 N–H and O–H groups in total. The molecular formula is C18H23N7OS. The molecule has 1 aliphatic rings. The highest BCUT2D eigenvalue weighted by Gasteiger charge is 2.22. The third-order valence-electron chi connectivity index (χ3n) is 4.00. The van der Waals surface area contributed by atoms with Gasteiger partial charge in [0.2, 0.25) is 0 Å². The lowest BCUT2D eigenvalue weighted by molar-refractivity contribution is 0.0454. The predicted molar refractivity (Wildman–Crippen MR) is 109 cm³/mol. The van der Waals surface area contributed by atoms with Gasteiger partial charge in [0.25, 0.3) is 0 Å². The fourth-order valence-corrected chi connectivity index (χ4v) is 3.37. The molecule has 0 atom stereocenters. The standard InChI is InChI=1S/C18H23N7OS/c1-13(14-11-21-23(2)12-14)25-9-5-8-20-18(17(25)19)22-15-6-4-7-16(10-15)27-24(3)26/h4,6-7,10-12,19,26H,1,5,8-9H2,2-3H3,(H,20,22). The van der Waals surface area contributed by atoms with E-state index in [0.717, 1.165) is 32.7 Å². The summed E-state index contributed by atoms with van der Waals surface area (Å²) in [6.07, 6.45) is 4.46. The minimum atomic E-state index is 0.277. The number of anilines is 1. The summed E-state index contributed by atoms with van der Waals surface area (Å²) < 4.78 is 2.76. The van der Waals surface area contributed by atoms with Crippen molar-refractivity contribution < 1.29 is 5.21 Å². The van der Waals surface area contributed by atoms with E-state index in [2.05, 4.69) is 22.0 Å². The Hall–Kier alpha value is -2.62. The van der Waals surface area contributed by atoms with Crippen LogP contribution in [0.15, 0.2) is 53.1 Å². The van der Waals surface area contributed by atoms with Crippen LogP contribution in [0, 0.1) is 5.41 Å². The Morgan fingerprint density at radius 2 is 2.26 bits per heavy atom. The van der Waals surface area contributed by atoms with E-state index in [1.807, 2.05) is 42.4 Å². The minimum Gasteiger partial charge on any atom is -0.337 e. The highest BCUT2D eigenvalue weighted by Crippen LogP contribution is 2.24. The Bertz CT molecular complexity index is 874. The molecule has 2 aromatic rings. The van der Waals surface area contributed by atoms with Gasteiger partial charge in [-0.1, -0.05) is 12.6 Å². The maximum Gasteiger partial charge on any atom is 0.168 e. The van der Waals surface area contributed by atoms with Crippen molar-refractivity contribution in [1.82, 2.24) is 19.1 Å². The van der Waals surface area contributed by atoms with Crippen molar-refractivity contribution in [3.63, 3.8) is 0 Å². The molecule has 0 fully saturated rings. The normalized spacial score (nSPS) is 14.9. The Morgan fingerprint density at radius 3 is 2.96 bits per heavy atom. The van der Waals surface area contributed by atoms with Gasteiger partial charge in [0.1, 0.15) is 0 Å². The third kappa shape index (κ3) is 4.76. The van der Waals surface area contributed by atoms with Gasteiger partial charge in [0.05, 0.1) is 6.20 Å². The number of aromatic nitrogens is 2. The van der Waals surface area contributed by atoms with Crippen LogP contribution >= 0.6 is 11.9 Å². The number of rotatable bonds is 5. The van der Waals surface area contributed by atoms with E-state index in [-0.39, 0.29) is 5.84 Å². The minimum absolute atomic E-state index is 0.277. The van der Waals surface area contributed by atoms with Crippen LogP contribution < -0.4 is 5.32 Å². The van der Waals surface area contributed by atoms with Crippen molar-refractivity contribution in [1.29, 1.82) is 5.41 Å². The quantitative estimate of drug-likeness (QED) is 0.541. The molecule has 0 amide bonds. The molecule has 0 spiro atoms. The van der Waals surface area contributed by atoms with Gasteiger partial charge >= 0.3 is 0 Å². The van der Waals surface area contributed by atoms with Crippen LogP contribution in [0.3, 0.4) is 0 Å². The van der Waals surface area contributed by atoms with E-state index in [1.54, 1.807) is 17.9 Å². The molecule has 1 aromatic heterocycles. The van der Waals surface area contributed by atoms with E-state index in [4.69, 9.17) is 5.41 Å². The molecule has 1 aromatic carbocycles. The number of hydroxylamine groups is 1. The second kappa shape index (κ2) is 8.38. The highest BCUT2D eigenvalue weighted by molar-refractivity contribution is 7.96. The first-order chi connectivity index (χ1) is 12.9. The summed E-state index contributed by atoms with van der Waals surface area (Å²) >= 11 is 1.21.